The number of ketones is 1. The van der Waals surface area contributed by atoms with Gasteiger partial charge in [-0.15, -0.1) is 0 Å². The van der Waals surface area contributed by atoms with Crippen molar-refractivity contribution in [2.45, 2.75) is 50.6 Å². The van der Waals surface area contributed by atoms with Crippen molar-refractivity contribution in [1.82, 2.24) is 4.98 Å². The van der Waals surface area contributed by atoms with Crippen molar-refractivity contribution in [3.05, 3.63) is 59.2 Å². The molecular formula is C22H22F2N2O2. The number of amides is 1. The fourth-order valence-corrected chi connectivity index (χ4v) is 3.74. The van der Waals surface area contributed by atoms with Crippen LogP contribution in [0.5, 0.6) is 0 Å². The number of fused-ring (bicyclic) bond motifs is 1. The fraction of sp³-hybridized carbons (Fsp3) is 0.409. The van der Waals surface area contributed by atoms with Crippen LogP contribution in [0.25, 0.3) is 0 Å². The van der Waals surface area contributed by atoms with Gasteiger partial charge in [-0.2, -0.15) is 0 Å². The van der Waals surface area contributed by atoms with Crippen molar-refractivity contribution >= 4 is 17.4 Å². The minimum Gasteiger partial charge on any atom is -0.309 e. The molecule has 1 aromatic heterocycles. The number of rotatable bonds is 5. The summed E-state index contributed by atoms with van der Waals surface area (Å²) in [5.41, 5.74) is 1.36. The number of alkyl halides is 1. The molecule has 0 bridgehead atoms. The van der Waals surface area contributed by atoms with Gasteiger partial charge >= 0.3 is 0 Å². The average Bonchev–Trinajstić information content (AvgIpc) is 3.45. The number of anilines is 1. The van der Waals surface area contributed by atoms with E-state index in [9.17, 15) is 18.4 Å². The van der Waals surface area contributed by atoms with E-state index in [4.69, 9.17) is 0 Å². The standard InChI is InChI=1S/C22H22F2N2O2/c1-14(11-20(27)18-6-5-17(23)13-25-18)15-4-7-19-16(12-15)3-2-10-26(19)21(28)22(24)8-9-22/h4-7,12-14H,2-3,8-11H2,1H3/t14-/m0/s1. The second-order valence-corrected chi connectivity index (χ2v) is 7.80. The molecule has 0 saturated heterocycles. The highest BCUT2D eigenvalue weighted by Crippen LogP contribution is 2.43. The smallest absolute Gasteiger partial charge is 0.264 e. The number of aromatic nitrogens is 1. The summed E-state index contributed by atoms with van der Waals surface area (Å²) in [5.74, 6) is -1.09. The van der Waals surface area contributed by atoms with Gasteiger partial charge < -0.3 is 4.90 Å². The van der Waals surface area contributed by atoms with Gasteiger partial charge in [-0.25, -0.2) is 8.78 Å². The van der Waals surface area contributed by atoms with E-state index in [0.717, 1.165) is 35.9 Å². The molecule has 1 aliphatic heterocycles. The number of hydrogen-bond acceptors (Lipinski definition) is 3. The Balaban J connectivity index is 1.51. The third-order valence-corrected chi connectivity index (χ3v) is 5.61. The number of carbonyl (C=O) groups excluding carboxylic acids is 2. The molecule has 2 aliphatic rings. The predicted octanol–water partition coefficient (Wildman–Crippen LogP) is 4.38. The van der Waals surface area contributed by atoms with E-state index >= 15 is 0 Å². The molecule has 1 aliphatic carbocycles. The normalized spacial score (nSPS) is 18.3. The van der Waals surface area contributed by atoms with E-state index in [-0.39, 0.29) is 23.8 Å². The van der Waals surface area contributed by atoms with Crippen LogP contribution in [0, 0.1) is 5.82 Å². The van der Waals surface area contributed by atoms with E-state index in [1.54, 1.807) is 4.90 Å². The van der Waals surface area contributed by atoms with Crippen molar-refractivity contribution in [2.75, 3.05) is 11.4 Å². The average molecular weight is 384 g/mol. The summed E-state index contributed by atoms with van der Waals surface area (Å²) < 4.78 is 27.2. The van der Waals surface area contributed by atoms with Crippen LogP contribution in [0.4, 0.5) is 14.5 Å². The predicted molar refractivity (Wildman–Crippen MR) is 102 cm³/mol. The highest BCUT2D eigenvalue weighted by atomic mass is 19.1. The van der Waals surface area contributed by atoms with Crippen LogP contribution in [-0.4, -0.2) is 28.9 Å². The first-order chi connectivity index (χ1) is 13.4. The molecule has 0 radical (unpaired) electrons. The second kappa shape index (κ2) is 7.08. The summed E-state index contributed by atoms with van der Waals surface area (Å²) in [6.07, 6.45) is 3.55. The van der Waals surface area contributed by atoms with Gasteiger partial charge in [0.2, 0.25) is 0 Å². The van der Waals surface area contributed by atoms with Gasteiger partial charge in [0.1, 0.15) is 11.5 Å². The molecule has 2 aromatic rings. The lowest BCUT2D eigenvalue weighted by Gasteiger charge is -2.31. The van der Waals surface area contributed by atoms with E-state index in [0.29, 0.717) is 19.4 Å². The molecular weight excluding hydrogens is 362 g/mol. The monoisotopic (exact) mass is 384 g/mol. The summed E-state index contributed by atoms with van der Waals surface area (Å²) in [4.78, 5) is 30.3. The van der Waals surface area contributed by atoms with Crippen LogP contribution in [-0.2, 0) is 11.2 Å². The quantitative estimate of drug-likeness (QED) is 0.719. The van der Waals surface area contributed by atoms with Crippen LogP contribution in [0.15, 0.2) is 36.5 Å². The van der Waals surface area contributed by atoms with Crippen molar-refractivity contribution in [3.63, 3.8) is 0 Å². The number of pyridine rings is 1. The number of halogens is 2. The number of aryl methyl sites for hydroxylation is 1. The van der Waals surface area contributed by atoms with Crippen molar-refractivity contribution < 1.29 is 18.4 Å². The van der Waals surface area contributed by atoms with Gasteiger partial charge in [0.25, 0.3) is 5.91 Å². The van der Waals surface area contributed by atoms with Crippen molar-refractivity contribution in [2.24, 2.45) is 0 Å². The molecule has 28 heavy (non-hydrogen) atoms. The Labute approximate surface area is 162 Å². The second-order valence-electron chi connectivity index (χ2n) is 7.80. The molecule has 2 heterocycles. The topological polar surface area (TPSA) is 50.3 Å². The molecule has 0 N–H and O–H groups in total. The molecule has 146 valence electrons. The molecule has 1 aromatic carbocycles. The summed E-state index contributed by atoms with van der Waals surface area (Å²) >= 11 is 0. The molecule has 4 rings (SSSR count). The van der Waals surface area contributed by atoms with Crippen LogP contribution in [0.3, 0.4) is 0 Å². The number of benzene rings is 1. The lowest BCUT2D eigenvalue weighted by Crippen LogP contribution is -2.41. The van der Waals surface area contributed by atoms with E-state index in [1.807, 2.05) is 25.1 Å². The highest BCUT2D eigenvalue weighted by molar-refractivity contribution is 6.02. The molecule has 1 atom stereocenters. The first-order valence-corrected chi connectivity index (χ1v) is 9.66. The maximum Gasteiger partial charge on any atom is 0.264 e. The Kier molecular flexibility index (Phi) is 4.73. The molecule has 0 unspecified atom stereocenters. The lowest BCUT2D eigenvalue weighted by molar-refractivity contribution is -0.124. The van der Waals surface area contributed by atoms with Crippen molar-refractivity contribution in [3.8, 4) is 0 Å². The fourth-order valence-electron chi connectivity index (χ4n) is 3.74. The van der Waals surface area contributed by atoms with E-state index in [2.05, 4.69) is 4.98 Å². The molecule has 0 spiro atoms. The maximum absolute atomic E-state index is 14.3. The van der Waals surface area contributed by atoms with Crippen LogP contribution >= 0.6 is 0 Å². The molecule has 1 saturated carbocycles. The van der Waals surface area contributed by atoms with Gasteiger partial charge in [0.05, 0.1) is 6.20 Å². The lowest BCUT2D eigenvalue weighted by atomic mass is 9.90. The van der Waals surface area contributed by atoms with Crippen LogP contribution in [0.2, 0.25) is 0 Å². The Morgan fingerprint density at radius 3 is 2.71 bits per heavy atom. The Morgan fingerprint density at radius 2 is 2.04 bits per heavy atom. The molecule has 4 nitrogen and oxygen atoms in total. The van der Waals surface area contributed by atoms with Gasteiger partial charge in [0.15, 0.2) is 11.5 Å². The SMILES string of the molecule is C[C@@H](CC(=O)c1ccc(F)cn1)c1ccc2c(c1)CCCN2C(=O)C1(F)CC1. The molecule has 1 fully saturated rings. The summed E-state index contributed by atoms with van der Waals surface area (Å²) in [5, 5.41) is 0. The summed E-state index contributed by atoms with van der Waals surface area (Å²) in [7, 11) is 0. The number of carbonyl (C=O) groups is 2. The third kappa shape index (κ3) is 3.55. The molecule has 1 amide bonds. The Hall–Kier alpha value is -2.63. The van der Waals surface area contributed by atoms with Gasteiger partial charge in [-0.05, 0) is 60.9 Å². The largest absolute Gasteiger partial charge is 0.309 e. The number of hydrogen-bond donors (Lipinski definition) is 0. The maximum atomic E-state index is 14.3. The zero-order valence-corrected chi connectivity index (χ0v) is 15.8. The minimum absolute atomic E-state index is 0.0494. The minimum atomic E-state index is -1.67. The first-order valence-electron chi connectivity index (χ1n) is 9.66. The zero-order chi connectivity index (χ0) is 19.9. The summed E-state index contributed by atoms with van der Waals surface area (Å²) in [6, 6.07) is 8.41. The first kappa shape index (κ1) is 18.7. The van der Waals surface area contributed by atoms with Crippen molar-refractivity contribution in [1.29, 1.82) is 0 Å². The van der Waals surface area contributed by atoms with Crippen LogP contribution in [0.1, 0.15) is 60.1 Å². The Bertz CT molecular complexity index is 923. The van der Waals surface area contributed by atoms with Gasteiger partial charge in [-0.3, -0.25) is 14.6 Å². The van der Waals surface area contributed by atoms with E-state index in [1.165, 1.54) is 12.1 Å². The highest BCUT2D eigenvalue weighted by Gasteiger charge is 2.53. The third-order valence-electron chi connectivity index (χ3n) is 5.61. The van der Waals surface area contributed by atoms with Crippen LogP contribution < -0.4 is 4.90 Å². The molecule has 6 heteroatoms. The van der Waals surface area contributed by atoms with E-state index < -0.39 is 17.4 Å². The van der Waals surface area contributed by atoms with Gasteiger partial charge in [0, 0.05) is 18.7 Å². The van der Waals surface area contributed by atoms with Gasteiger partial charge in [-0.1, -0.05) is 19.1 Å². The number of nitrogens with zero attached hydrogens (tertiary/aromatic N) is 2. The Morgan fingerprint density at radius 1 is 1.25 bits per heavy atom. The zero-order valence-electron chi connectivity index (χ0n) is 15.8. The summed E-state index contributed by atoms with van der Waals surface area (Å²) in [6.45, 7) is 2.50. The number of Topliss-reactive ketones (excluding diaryl/α,β-unsaturated/α-hetero) is 1.